The molecule has 0 spiro atoms. The van der Waals surface area contributed by atoms with E-state index in [1.54, 1.807) is 12.0 Å². The number of ether oxygens (including phenoxy) is 1. The molecule has 1 aliphatic heterocycles. The van der Waals surface area contributed by atoms with E-state index in [-0.39, 0.29) is 30.4 Å². The molecule has 27 heavy (non-hydrogen) atoms. The van der Waals surface area contributed by atoms with Crippen molar-refractivity contribution in [1.82, 2.24) is 4.90 Å². The Labute approximate surface area is 158 Å². The molecule has 1 N–H and O–H groups in total. The topological polar surface area (TPSA) is 73.6 Å². The van der Waals surface area contributed by atoms with E-state index < -0.39 is 6.04 Å². The van der Waals surface area contributed by atoms with Crippen LogP contribution in [0.5, 0.6) is 5.75 Å². The number of carbonyl (C=O) groups excluding carboxylic acids is 1. The van der Waals surface area contributed by atoms with Crippen LogP contribution >= 0.6 is 0 Å². The highest BCUT2D eigenvalue weighted by molar-refractivity contribution is 5.83. The average molecular weight is 362 g/mol. The number of para-hydroxylation sites is 1. The summed E-state index contributed by atoms with van der Waals surface area (Å²) >= 11 is 0. The van der Waals surface area contributed by atoms with Crippen LogP contribution in [0.3, 0.4) is 0 Å². The van der Waals surface area contributed by atoms with Crippen LogP contribution in [0.15, 0.2) is 48.5 Å². The van der Waals surface area contributed by atoms with Gasteiger partial charge in [-0.15, -0.1) is 0 Å². The number of benzene rings is 2. The van der Waals surface area contributed by atoms with Crippen molar-refractivity contribution in [3.05, 3.63) is 54.1 Å². The van der Waals surface area contributed by atoms with Gasteiger partial charge >= 0.3 is 0 Å². The third-order valence-electron chi connectivity index (χ3n) is 5.63. The largest absolute Gasteiger partial charge is 0.496 e. The van der Waals surface area contributed by atoms with Crippen molar-refractivity contribution in [1.29, 1.82) is 5.26 Å². The lowest BCUT2D eigenvalue weighted by molar-refractivity contribution is -0.148. The van der Waals surface area contributed by atoms with Crippen molar-refractivity contribution >= 4 is 5.91 Å². The number of nitriles is 1. The molecule has 3 atom stereocenters. The Hall–Kier alpha value is -2.84. The Kier molecular flexibility index (Phi) is 4.59. The summed E-state index contributed by atoms with van der Waals surface area (Å²) in [6.45, 7) is -0.129. The summed E-state index contributed by atoms with van der Waals surface area (Å²) in [6, 6.07) is 17.2. The van der Waals surface area contributed by atoms with Crippen LogP contribution in [0.4, 0.5) is 0 Å². The van der Waals surface area contributed by atoms with E-state index in [4.69, 9.17) is 4.74 Å². The number of likely N-dealkylation sites (tertiary alicyclic amines) is 1. The Morgan fingerprint density at radius 3 is 2.52 bits per heavy atom. The average Bonchev–Trinajstić information content (AvgIpc) is 3.53. The minimum Gasteiger partial charge on any atom is -0.496 e. The Morgan fingerprint density at radius 1 is 1.22 bits per heavy atom. The highest BCUT2D eigenvalue weighted by atomic mass is 16.5. The highest BCUT2D eigenvalue weighted by Crippen LogP contribution is 2.44. The van der Waals surface area contributed by atoms with Gasteiger partial charge in [-0.2, -0.15) is 5.26 Å². The van der Waals surface area contributed by atoms with Crippen molar-refractivity contribution in [2.24, 2.45) is 5.92 Å². The molecule has 4 rings (SSSR count). The molecule has 0 bridgehead atoms. The number of methoxy groups -OCH3 is 1. The van der Waals surface area contributed by atoms with E-state index in [9.17, 15) is 15.2 Å². The number of hydrogen-bond acceptors (Lipinski definition) is 4. The van der Waals surface area contributed by atoms with E-state index in [2.05, 4.69) is 6.07 Å². The zero-order chi connectivity index (χ0) is 19.0. The lowest BCUT2D eigenvalue weighted by Crippen LogP contribution is -2.65. The second-order valence-electron chi connectivity index (χ2n) is 7.19. The molecule has 1 amide bonds. The van der Waals surface area contributed by atoms with Crippen molar-refractivity contribution in [3.8, 4) is 22.9 Å². The molecular weight excluding hydrogens is 340 g/mol. The summed E-state index contributed by atoms with van der Waals surface area (Å²) in [7, 11) is 1.65. The Morgan fingerprint density at radius 2 is 1.93 bits per heavy atom. The molecular formula is C22H22N2O3. The first-order valence-electron chi connectivity index (χ1n) is 9.25. The van der Waals surface area contributed by atoms with Gasteiger partial charge in [0.1, 0.15) is 11.8 Å². The summed E-state index contributed by atoms with van der Waals surface area (Å²) in [5.74, 6) is 0.707. The van der Waals surface area contributed by atoms with Crippen molar-refractivity contribution in [2.75, 3.05) is 13.7 Å². The molecule has 5 nitrogen and oxygen atoms in total. The second kappa shape index (κ2) is 7.05. The van der Waals surface area contributed by atoms with E-state index in [1.807, 2.05) is 48.5 Å². The number of rotatable bonds is 5. The zero-order valence-electron chi connectivity index (χ0n) is 15.2. The number of carbonyl (C=O) groups is 1. The fourth-order valence-corrected chi connectivity index (χ4v) is 4.02. The van der Waals surface area contributed by atoms with Gasteiger partial charge in [0.15, 0.2) is 0 Å². The summed E-state index contributed by atoms with van der Waals surface area (Å²) < 4.78 is 5.43. The number of hydrogen-bond donors (Lipinski definition) is 1. The fraction of sp³-hybridized carbons (Fsp3) is 0.364. The minimum absolute atomic E-state index is 0.0162. The molecule has 1 aliphatic carbocycles. The molecule has 0 radical (unpaired) electrons. The molecule has 0 unspecified atom stereocenters. The van der Waals surface area contributed by atoms with Gasteiger partial charge < -0.3 is 14.7 Å². The van der Waals surface area contributed by atoms with E-state index in [0.29, 0.717) is 0 Å². The zero-order valence-corrected chi connectivity index (χ0v) is 15.2. The quantitative estimate of drug-likeness (QED) is 0.887. The van der Waals surface area contributed by atoms with Crippen LogP contribution in [-0.2, 0) is 4.79 Å². The lowest BCUT2D eigenvalue weighted by Gasteiger charge is -2.51. The predicted octanol–water partition coefficient (Wildman–Crippen LogP) is 2.95. The maximum absolute atomic E-state index is 12.5. The van der Waals surface area contributed by atoms with Gasteiger partial charge in [0, 0.05) is 17.4 Å². The van der Waals surface area contributed by atoms with Crippen molar-refractivity contribution in [2.45, 2.75) is 30.8 Å². The van der Waals surface area contributed by atoms with Gasteiger partial charge in [-0.25, -0.2) is 0 Å². The first-order chi connectivity index (χ1) is 13.2. The molecule has 138 valence electrons. The van der Waals surface area contributed by atoms with Gasteiger partial charge in [-0.05, 0) is 30.0 Å². The first-order valence-corrected chi connectivity index (χ1v) is 9.25. The van der Waals surface area contributed by atoms with Crippen LogP contribution in [-0.4, -0.2) is 41.7 Å². The maximum atomic E-state index is 12.5. The van der Waals surface area contributed by atoms with Crippen LogP contribution < -0.4 is 4.74 Å². The highest BCUT2D eigenvalue weighted by Gasteiger charge is 2.53. The van der Waals surface area contributed by atoms with E-state index in [1.165, 1.54) is 0 Å². The number of nitrogens with zero attached hydrogens (tertiary/aromatic N) is 2. The van der Waals surface area contributed by atoms with Gasteiger partial charge in [-0.1, -0.05) is 42.5 Å². The number of aliphatic hydroxyl groups is 1. The van der Waals surface area contributed by atoms with E-state index in [0.717, 1.165) is 35.3 Å². The Balaban J connectivity index is 1.60. The van der Waals surface area contributed by atoms with Crippen LogP contribution in [0, 0.1) is 17.2 Å². The monoisotopic (exact) mass is 362 g/mol. The normalized spacial score (nSPS) is 24.0. The van der Waals surface area contributed by atoms with E-state index >= 15 is 0 Å². The summed E-state index contributed by atoms with van der Waals surface area (Å²) in [5.41, 5.74) is 3.00. The van der Waals surface area contributed by atoms with Crippen molar-refractivity contribution < 1.29 is 14.6 Å². The molecule has 1 saturated heterocycles. The molecule has 2 aromatic carbocycles. The second-order valence-corrected chi connectivity index (χ2v) is 7.19. The molecule has 1 saturated carbocycles. The summed E-state index contributed by atoms with van der Waals surface area (Å²) in [5, 5.41) is 19.4. The SMILES string of the molecule is COc1ccccc1-c1ccc([C@@H]2[C@H](C#N)N(C(=O)C3CC3)[C@H]2CO)cc1. The minimum atomic E-state index is -0.507. The molecule has 5 heteroatoms. The molecule has 0 aromatic heterocycles. The van der Waals surface area contributed by atoms with Crippen LogP contribution in [0.1, 0.15) is 24.3 Å². The van der Waals surface area contributed by atoms with Crippen LogP contribution in [0.2, 0.25) is 0 Å². The summed E-state index contributed by atoms with van der Waals surface area (Å²) in [6.07, 6.45) is 1.79. The standard InChI is InChI=1S/C22H22N2O3/c1-27-20-5-3-2-4-17(20)14-6-8-15(9-7-14)21-18(12-23)24(19(21)13-25)22(26)16-10-11-16/h2-9,16,18-19,21,25H,10-11,13H2,1H3/t18-,19-,21+/m0/s1. The molecule has 2 aromatic rings. The van der Waals surface area contributed by atoms with Crippen molar-refractivity contribution in [3.63, 3.8) is 0 Å². The third kappa shape index (κ3) is 2.96. The predicted molar refractivity (Wildman–Crippen MR) is 101 cm³/mol. The van der Waals surface area contributed by atoms with Crippen LogP contribution in [0.25, 0.3) is 11.1 Å². The number of amides is 1. The van der Waals surface area contributed by atoms with Gasteiger partial charge in [0.2, 0.25) is 5.91 Å². The third-order valence-corrected chi connectivity index (χ3v) is 5.63. The maximum Gasteiger partial charge on any atom is 0.227 e. The van der Waals surface area contributed by atoms with Gasteiger partial charge in [-0.3, -0.25) is 4.79 Å². The fourth-order valence-electron chi connectivity index (χ4n) is 4.02. The Bertz CT molecular complexity index is 883. The smallest absolute Gasteiger partial charge is 0.227 e. The lowest BCUT2D eigenvalue weighted by atomic mass is 9.75. The molecule has 2 fully saturated rings. The summed E-state index contributed by atoms with van der Waals surface area (Å²) in [4.78, 5) is 14.1. The van der Waals surface area contributed by atoms with Gasteiger partial charge in [0.25, 0.3) is 0 Å². The molecule has 2 aliphatic rings. The van der Waals surface area contributed by atoms with Gasteiger partial charge in [0.05, 0.1) is 25.8 Å². The first kappa shape index (κ1) is 17.6. The number of aliphatic hydroxyl groups excluding tert-OH is 1. The molecule has 1 heterocycles.